The van der Waals surface area contributed by atoms with Crippen molar-refractivity contribution in [1.29, 1.82) is 0 Å². The molecule has 0 saturated carbocycles. The van der Waals surface area contributed by atoms with Gasteiger partial charge in [-0.3, -0.25) is 4.79 Å². The van der Waals surface area contributed by atoms with Crippen molar-refractivity contribution in [2.24, 2.45) is 0 Å². The Balaban J connectivity index is 1.88. The molecule has 16 heteroatoms. The van der Waals surface area contributed by atoms with Crippen LogP contribution in [0.2, 0.25) is 0 Å². The highest BCUT2D eigenvalue weighted by atomic mass is 16.8. The third-order valence-corrected chi connectivity index (χ3v) is 6.70. The first-order valence-electron chi connectivity index (χ1n) is 11.8. The zero-order valence-electron chi connectivity index (χ0n) is 20.5. The van der Waals surface area contributed by atoms with Gasteiger partial charge in [0.1, 0.15) is 67.1 Å². The molecule has 1 amide bonds. The van der Waals surface area contributed by atoms with Gasteiger partial charge in [-0.25, -0.2) is 0 Å². The van der Waals surface area contributed by atoms with Crippen LogP contribution in [0, 0.1) is 0 Å². The van der Waals surface area contributed by atoms with Crippen molar-refractivity contribution in [3.63, 3.8) is 0 Å². The van der Waals surface area contributed by atoms with Gasteiger partial charge in [0.25, 0.3) is 0 Å². The number of aliphatic hydroxyl groups excluding tert-OH is 8. The first-order valence-corrected chi connectivity index (χ1v) is 11.8. The summed E-state index contributed by atoms with van der Waals surface area (Å²) in [6, 6.07) is -1.36. The van der Waals surface area contributed by atoms with Crippen LogP contribution in [0.1, 0.15) is 13.8 Å². The number of methoxy groups -OCH3 is 1. The van der Waals surface area contributed by atoms with Gasteiger partial charge < -0.3 is 74.6 Å². The molecule has 3 heterocycles. The lowest BCUT2D eigenvalue weighted by Crippen LogP contribution is -2.68. The van der Waals surface area contributed by atoms with E-state index in [1.807, 2.05) is 0 Å². The second kappa shape index (κ2) is 12.8. The summed E-state index contributed by atoms with van der Waals surface area (Å²) in [7, 11) is 1.24. The zero-order valence-corrected chi connectivity index (χ0v) is 20.5. The van der Waals surface area contributed by atoms with Gasteiger partial charge in [0, 0.05) is 14.0 Å². The number of amides is 1. The number of aliphatic hydroxyl groups is 8. The van der Waals surface area contributed by atoms with E-state index in [1.165, 1.54) is 14.0 Å². The molecule has 3 rings (SSSR count). The molecule has 216 valence electrons. The molecule has 3 saturated heterocycles. The Morgan fingerprint density at radius 1 is 0.757 bits per heavy atom. The number of carbonyl (C=O) groups is 1. The molecule has 0 aromatic rings. The minimum atomic E-state index is -1.75. The predicted molar refractivity (Wildman–Crippen MR) is 116 cm³/mol. The van der Waals surface area contributed by atoms with E-state index in [0.717, 1.165) is 6.92 Å². The molecular formula is C21H37NO15. The molecule has 3 aliphatic rings. The van der Waals surface area contributed by atoms with Crippen molar-refractivity contribution in [3.05, 3.63) is 0 Å². The number of carbonyl (C=O) groups excluding carboxylic acids is 1. The van der Waals surface area contributed by atoms with E-state index in [9.17, 15) is 45.6 Å². The molecule has 0 aliphatic carbocycles. The Morgan fingerprint density at radius 2 is 1.35 bits per heavy atom. The highest BCUT2D eigenvalue weighted by Crippen LogP contribution is 2.33. The van der Waals surface area contributed by atoms with E-state index in [2.05, 4.69) is 5.32 Å². The zero-order chi connectivity index (χ0) is 27.6. The fourth-order valence-corrected chi connectivity index (χ4v) is 4.66. The number of hydrogen-bond acceptors (Lipinski definition) is 15. The molecule has 0 radical (unpaired) electrons. The molecule has 3 aliphatic heterocycles. The first kappa shape index (κ1) is 30.5. The minimum absolute atomic E-state index is 0.597. The van der Waals surface area contributed by atoms with Crippen LogP contribution < -0.4 is 5.32 Å². The van der Waals surface area contributed by atoms with Gasteiger partial charge in [0.15, 0.2) is 18.9 Å². The summed E-state index contributed by atoms with van der Waals surface area (Å²) in [4.78, 5) is 11.6. The van der Waals surface area contributed by atoms with Gasteiger partial charge >= 0.3 is 0 Å². The largest absolute Gasteiger partial charge is 0.394 e. The van der Waals surface area contributed by atoms with Crippen LogP contribution in [0.15, 0.2) is 0 Å². The van der Waals surface area contributed by atoms with Gasteiger partial charge in [0.2, 0.25) is 5.91 Å². The molecule has 16 nitrogen and oxygen atoms in total. The third kappa shape index (κ3) is 6.39. The van der Waals surface area contributed by atoms with Crippen molar-refractivity contribution in [3.8, 4) is 0 Å². The van der Waals surface area contributed by atoms with Crippen molar-refractivity contribution in [2.75, 3.05) is 20.3 Å². The van der Waals surface area contributed by atoms with Gasteiger partial charge in [-0.1, -0.05) is 0 Å². The Kier molecular flexibility index (Phi) is 10.6. The molecule has 9 N–H and O–H groups in total. The van der Waals surface area contributed by atoms with E-state index >= 15 is 0 Å². The monoisotopic (exact) mass is 543 g/mol. The summed E-state index contributed by atoms with van der Waals surface area (Å²) in [5, 5.41) is 84.4. The summed E-state index contributed by atoms with van der Waals surface area (Å²) < 4.78 is 33.3. The van der Waals surface area contributed by atoms with Crippen LogP contribution in [0.3, 0.4) is 0 Å². The van der Waals surface area contributed by atoms with Crippen LogP contribution in [-0.2, 0) is 33.2 Å². The summed E-state index contributed by atoms with van der Waals surface area (Å²) in [6.45, 7) is 1.21. The second-order valence-corrected chi connectivity index (χ2v) is 9.26. The lowest BCUT2D eigenvalue weighted by Gasteiger charge is -2.49. The van der Waals surface area contributed by atoms with Gasteiger partial charge in [-0.2, -0.15) is 0 Å². The Labute approximate surface area is 212 Å². The van der Waals surface area contributed by atoms with E-state index in [0.29, 0.717) is 0 Å². The first-order chi connectivity index (χ1) is 17.4. The van der Waals surface area contributed by atoms with Crippen LogP contribution in [0.25, 0.3) is 0 Å². The number of hydrogen-bond donors (Lipinski definition) is 9. The molecular weight excluding hydrogens is 506 g/mol. The van der Waals surface area contributed by atoms with Crippen molar-refractivity contribution in [2.45, 2.75) is 106 Å². The molecule has 0 aromatic carbocycles. The quantitative estimate of drug-likeness (QED) is 0.138. The van der Waals surface area contributed by atoms with Crippen LogP contribution in [-0.4, -0.2) is 159 Å². The van der Waals surface area contributed by atoms with E-state index in [4.69, 9.17) is 28.4 Å². The topological polar surface area (TPSA) is 246 Å². The lowest BCUT2D eigenvalue weighted by molar-refractivity contribution is -0.383. The highest BCUT2D eigenvalue weighted by Gasteiger charge is 2.54. The standard InChI is InChI=1S/C21H37NO15/c1-6-11(26)13(28)14(29)20(33-6)37-18-15(30)16(32-3)8(4-23)35-21(18)36-17-9(5-24)34-19(31)10(12(17)27)22-7(2)25/h6,8-21,23-24,26-31H,4-5H2,1-3H3,(H,22,25)/t6-,8+,9+,10+,11+,12+,13+,14-,15-,16-,17+,18+,19+,20-,21-/m0/s1. The van der Waals surface area contributed by atoms with E-state index in [-0.39, 0.29) is 0 Å². The minimum Gasteiger partial charge on any atom is -0.394 e. The lowest BCUT2D eigenvalue weighted by atomic mass is 9.95. The number of nitrogens with one attached hydrogen (secondary N) is 1. The van der Waals surface area contributed by atoms with Crippen molar-refractivity contribution < 1.29 is 74.1 Å². The number of rotatable bonds is 8. The number of ether oxygens (including phenoxy) is 6. The normalized spacial score (nSPS) is 49.0. The smallest absolute Gasteiger partial charge is 0.217 e. The van der Waals surface area contributed by atoms with Gasteiger partial charge in [-0.15, -0.1) is 0 Å². The fraction of sp³-hybridized carbons (Fsp3) is 0.952. The maximum Gasteiger partial charge on any atom is 0.217 e. The Hall–Kier alpha value is -1.09. The van der Waals surface area contributed by atoms with Gasteiger partial charge in [-0.05, 0) is 6.92 Å². The maximum absolute atomic E-state index is 11.6. The highest BCUT2D eigenvalue weighted by molar-refractivity contribution is 5.73. The molecule has 0 spiro atoms. The molecule has 3 fully saturated rings. The van der Waals surface area contributed by atoms with Gasteiger partial charge in [0.05, 0.1) is 19.3 Å². The van der Waals surface area contributed by atoms with E-state index < -0.39 is 111 Å². The second-order valence-electron chi connectivity index (χ2n) is 9.26. The predicted octanol–water partition coefficient (Wildman–Crippen LogP) is -5.75. The SMILES string of the molecule is CO[C@@H]1[C@H](O)[C@@H](O[C@@H]2O[C@@H](C)[C@@H](O)[C@@H](O)[C@@H]2O)[C@H](O[C@H]2[C@H](O)[C@@H](NC(C)=O)[C@H](O)O[C@@H]2CO)O[C@@H]1CO. The summed E-state index contributed by atoms with van der Waals surface area (Å²) in [6.07, 6.45) is -20.5. The van der Waals surface area contributed by atoms with Crippen LogP contribution >= 0.6 is 0 Å². The van der Waals surface area contributed by atoms with Crippen LogP contribution in [0.4, 0.5) is 0 Å². The Bertz CT molecular complexity index is 747. The summed E-state index contributed by atoms with van der Waals surface area (Å²) >= 11 is 0. The molecule has 15 atom stereocenters. The molecule has 37 heavy (non-hydrogen) atoms. The van der Waals surface area contributed by atoms with Crippen molar-refractivity contribution >= 4 is 5.91 Å². The average Bonchev–Trinajstić information content (AvgIpc) is 2.86. The van der Waals surface area contributed by atoms with Crippen LogP contribution in [0.5, 0.6) is 0 Å². The average molecular weight is 544 g/mol. The third-order valence-electron chi connectivity index (χ3n) is 6.70. The molecule has 0 unspecified atom stereocenters. The molecule has 0 bridgehead atoms. The van der Waals surface area contributed by atoms with Crippen molar-refractivity contribution in [1.82, 2.24) is 5.32 Å². The summed E-state index contributed by atoms with van der Waals surface area (Å²) in [5.41, 5.74) is 0. The maximum atomic E-state index is 11.6. The van der Waals surface area contributed by atoms with E-state index in [1.54, 1.807) is 0 Å². The summed E-state index contributed by atoms with van der Waals surface area (Å²) in [5.74, 6) is -0.597. The Morgan fingerprint density at radius 3 is 1.92 bits per heavy atom. The fourth-order valence-electron chi connectivity index (χ4n) is 4.66. The molecule has 0 aromatic heterocycles.